The molecule has 0 aliphatic carbocycles. The number of piperidine rings is 1. The van der Waals surface area contributed by atoms with Gasteiger partial charge in [0, 0.05) is 18.7 Å². The van der Waals surface area contributed by atoms with E-state index in [2.05, 4.69) is 15.7 Å². The topological polar surface area (TPSA) is 68.2 Å². The molecule has 24 heavy (non-hydrogen) atoms. The Morgan fingerprint density at radius 3 is 3.00 bits per heavy atom. The first kappa shape index (κ1) is 16.5. The van der Waals surface area contributed by atoms with E-state index in [1.807, 2.05) is 42.6 Å². The first-order chi connectivity index (χ1) is 11.8. The summed E-state index contributed by atoms with van der Waals surface area (Å²) in [5, 5.41) is 10.8. The molecule has 1 fully saturated rings. The van der Waals surface area contributed by atoms with Crippen molar-refractivity contribution in [3.8, 4) is 5.75 Å². The summed E-state index contributed by atoms with van der Waals surface area (Å²) in [6, 6.07) is 11.6. The van der Waals surface area contributed by atoms with Gasteiger partial charge in [-0.2, -0.15) is 5.10 Å². The Bertz CT molecular complexity index is 635. The van der Waals surface area contributed by atoms with Crippen molar-refractivity contribution in [1.29, 1.82) is 0 Å². The van der Waals surface area contributed by atoms with Gasteiger partial charge in [-0.1, -0.05) is 18.2 Å². The lowest BCUT2D eigenvalue weighted by Gasteiger charge is -2.20. The number of nitrogens with one attached hydrogen (secondary N) is 2. The summed E-state index contributed by atoms with van der Waals surface area (Å²) in [5.41, 5.74) is 1.07. The number of hydrogen-bond acceptors (Lipinski definition) is 4. The van der Waals surface area contributed by atoms with Crippen LogP contribution in [0.4, 0.5) is 0 Å². The lowest BCUT2D eigenvalue weighted by molar-refractivity contribution is -0.121. The molecular weight excluding hydrogens is 304 g/mol. The van der Waals surface area contributed by atoms with Gasteiger partial charge in [0.05, 0.1) is 12.2 Å². The van der Waals surface area contributed by atoms with Crippen LogP contribution in [-0.4, -0.2) is 41.9 Å². The average molecular weight is 328 g/mol. The fourth-order valence-corrected chi connectivity index (χ4v) is 2.87. The number of ether oxygens (including phenoxy) is 1. The van der Waals surface area contributed by atoms with Crippen molar-refractivity contribution < 1.29 is 9.53 Å². The molecule has 1 saturated heterocycles. The van der Waals surface area contributed by atoms with Gasteiger partial charge in [0.2, 0.25) is 5.91 Å². The van der Waals surface area contributed by atoms with Crippen LogP contribution in [0.5, 0.6) is 5.75 Å². The molecule has 1 aromatic carbocycles. The van der Waals surface area contributed by atoms with Gasteiger partial charge in [-0.15, -0.1) is 0 Å². The summed E-state index contributed by atoms with van der Waals surface area (Å²) in [7, 11) is 0. The molecule has 6 nitrogen and oxygen atoms in total. The minimum absolute atomic E-state index is 0.0527. The first-order valence-electron chi connectivity index (χ1n) is 8.50. The second kappa shape index (κ2) is 8.49. The number of aromatic nitrogens is 2. The normalized spacial score (nSPS) is 17.4. The molecule has 1 aliphatic rings. The number of para-hydroxylation sites is 1. The number of carbonyl (C=O) groups is 1. The predicted octanol–water partition coefficient (Wildman–Crippen LogP) is 1.55. The molecule has 0 saturated carbocycles. The molecule has 1 atom stereocenters. The summed E-state index contributed by atoms with van der Waals surface area (Å²) in [6.45, 7) is 3.23. The molecule has 0 spiro atoms. The molecule has 0 radical (unpaired) electrons. The van der Waals surface area contributed by atoms with Crippen LogP contribution in [0.15, 0.2) is 42.6 Å². The maximum Gasteiger partial charge on any atom is 0.241 e. The molecule has 0 unspecified atom stereocenters. The minimum Gasteiger partial charge on any atom is -0.492 e. The van der Waals surface area contributed by atoms with Crippen LogP contribution in [0.1, 0.15) is 24.5 Å². The Morgan fingerprint density at radius 2 is 2.21 bits per heavy atom. The molecule has 1 amide bonds. The van der Waals surface area contributed by atoms with Gasteiger partial charge in [-0.25, -0.2) is 0 Å². The highest BCUT2D eigenvalue weighted by Crippen LogP contribution is 2.21. The monoisotopic (exact) mass is 328 g/mol. The van der Waals surface area contributed by atoms with Crippen LogP contribution in [0.3, 0.4) is 0 Å². The van der Waals surface area contributed by atoms with Crippen LogP contribution in [0.25, 0.3) is 0 Å². The van der Waals surface area contributed by atoms with Crippen molar-refractivity contribution in [2.75, 3.05) is 26.2 Å². The van der Waals surface area contributed by atoms with Crippen molar-refractivity contribution >= 4 is 5.91 Å². The third-order valence-corrected chi connectivity index (χ3v) is 4.12. The fourth-order valence-electron chi connectivity index (χ4n) is 2.87. The zero-order chi connectivity index (χ0) is 16.6. The van der Waals surface area contributed by atoms with Crippen molar-refractivity contribution in [3.63, 3.8) is 0 Å². The molecule has 6 heteroatoms. The van der Waals surface area contributed by atoms with Crippen LogP contribution < -0.4 is 15.4 Å². The highest BCUT2D eigenvalue weighted by atomic mass is 16.5. The van der Waals surface area contributed by atoms with Gasteiger partial charge in [0.15, 0.2) is 0 Å². The van der Waals surface area contributed by atoms with Gasteiger partial charge in [-0.3, -0.25) is 9.48 Å². The van der Waals surface area contributed by atoms with E-state index in [-0.39, 0.29) is 12.5 Å². The molecule has 0 bridgehead atoms. The van der Waals surface area contributed by atoms with E-state index in [1.54, 1.807) is 4.68 Å². The van der Waals surface area contributed by atoms with Crippen LogP contribution in [-0.2, 0) is 11.3 Å². The van der Waals surface area contributed by atoms with Crippen molar-refractivity contribution in [2.45, 2.75) is 25.3 Å². The highest BCUT2D eigenvalue weighted by Gasteiger charge is 2.17. The van der Waals surface area contributed by atoms with Crippen molar-refractivity contribution in [2.24, 2.45) is 0 Å². The van der Waals surface area contributed by atoms with Gasteiger partial charge in [-0.05, 0) is 37.6 Å². The Balaban J connectivity index is 1.38. The summed E-state index contributed by atoms with van der Waals surface area (Å²) in [4.78, 5) is 12.0. The van der Waals surface area contributed by atoms with E-state index in [0.717, 1.165) is 31.0 Å². The smallest absolute Gasteiger partial charge is 0.241 e. The SMILES string of the molecule is O=C(Cn1ccc([C@@H]2CCCNC2)n1)NCCOc1ccccc1. The summed E-state index contributed by atoms with van der Waals surface area (Å²) < 4.78 is 7.25. The van der Waals surface area contributed by atoms with Crippen molar-refractivity contribution in [1.82, 2.24) is 20.4 Å². The summed E-state index contributed by atoms with van der Waals surface area (Å²) in [6.07, 6.45) is 4.22. The Labute approximate surface area is 142 Å². The van der Waals surface area contributed by atoms with E-state index in [4.69, 9.17) is 4.74 Å². The quantitative estimate of drug-likeness (QED) is 0.757. The second-order valence-corrected chi connectivity index (χ2v) is 5.99. The highest BCUT2D eigenvalue weighted by molar-refractivity contribution is 5.75. The maximum absolute atomic E-state index is 12.0. The number of carbonyl (C=O) groups excluding carboxylic acids is 1. The lowest BCUT2D eigenvalue weighted by Crippen LogP contribution is -2.31. The molecule has 2 aromatic rings. The Hall–Kier alpha value is -2.34. The molecule has 3 rings (SSSR count). The van der Waals surface area contributed by atoms with E-state index < -0.39 is 0 Å². The number of rotatable bonds is 7. The molecule has 128 valence electrons. The van der Waals surface area contributed by atoms with Crippen LogP contribution in [0.2, 0.25) is 0 Å². The van der Waals surface area contributed by atoms with Gasteiger partial charge >= 0.3 is 0 Å². The molecule has 2 N–H and O–H groups in total. The van der Waals surface area contributed by atoms with E-state index in [1.165, 1.54) is 6.42 Å². The minimum atomic E-state index is -0.0527. The lowest BCUT2D eigenvalue weighted by atomic mass is 9.97. The molecular formula is C18H24N4O2. The molecule has 1 aromatic heterocycles. The third-order valence-electron chi connectivity index (χ3n) is 4.12. The number of amides is 1. The van der Waals surface area contributed by atoms with Crippen molar-refractivity contribution in [3.05, 3.63) is 48.3 Å². The second-order valence-electron chi connectivity index (χ2n) is 5.99. The predicted molar refractivity (Wildman–Crippen MR) is 92.0 cm³/mol. The summed E-state index contributed by atoms with van der Waals surface area (Å²) in [5.74, 6) is 1.22. The zero-order valence-electron chi connectivity index (χ0n) is 13.8. The largest absolute Gasteiger partial charge is 0.492 e. The van der Waals surface area contributed by atoms with Crippen LogP contribution in [0, 0.1) is 0 Å². The standard InChI is InChI=1S/C18H24N4O2/c23-18(20-10-12-24-16-6-2-1-3-7-16)14-22-11-8-17(21-22)15-5-4-9-19-13-15/h1-3,6-8,11,15,19H,4-5,9-10,12-14H2,(H,20,23)/t15-/m1/s1. The molecule has 2 heterocycles. The number of hydrogen-bond donors (Lipinski definition) is 2. The number of nitrogens with zero attached hydrogens (tertiary/aromatic N) is 2. The third kappa shape index (κ3) is 4.83. The first-order valence-corrected chi connectivity index (χ1v) is 8.50. The zero-order valence-corrected chi connectivity index (χ0v) is 13.8. The van der Waals surface area contributed by atoms with Gasteiger partial charge < -0.3 is 15.4 Å². The fraction of sp³-hybridized carbons (Fsp3) is 0.444. The van der Waals surface area contributed by atoms with Gasteiger partial charge in [0.1, 0.15) is 18.9 Å². The van der Waals surface area contributed by atoms with Gasteiger partial charge in [0.25, 0.3) is 0 Å². The Kier molecular flexibility index (Phi) is 5.85. The maximum atomic E-state index is 12.0. The van der Waals surface area contributed by atoms with E-state index >= 15 is 0 Å². The van der Waals surface area contributed by atoms with Crippen LogP contribution >= 0.6 is 0 Å². The Morgan fingerprint density at radius 1 is 1.33 bits per heavy atom. The average Bonchev–Trinajstić information content (AvgIpc) is 3.09. The summed E-state index contributed by atoms with van der Waals surface area (Å²) >= 11 is 0. The number of benzene rings is 1. The van der Waals surface area contributed by atoms with E-state index in [0.29, 0.717) is 19.1 Å². The molecule has 1 aliphatic heterocycles. The van der Waals surface area contributed by atoms with E-state index in [9.17, 15) is 4.79 Å².